The standard InChI is InChI=1S/C11H18N2S/c1-4-10(11-13-7-8-14-11)12-6-5-9(2)3/h5,7-8,10,12H,4,6H2,1-3H3. The van der Waals surface area contributed by atoms with Crippen molar-refractivity contribution in [2.45, 2.75) is 33.2 Å². The van der Waals surface area contributed by atoms with Crippen LogP contribution in [0.25, 0.3) is 0 Å². The van der Waals surface area contributed by atoms with E-state index in [2.05, 4.69) is 37.1 Å². The van der Waals surface area contributed by atoms with E-state index in [9.17, 15) is 0 Å². The highest BCUT2D eigenvalue weighted by molar-refractivity contribution is 7.09. The van der Waals surface area contributed by atoms with Gasteiger partial charge in [-0.15, -0.1) is 11.3 Å². The van der Waals surface area contributed by atoms with E-state index in [1.54, 1.807) is 11.3 Å². The zero-order chi connectivity index (χ0) is 10.4. The van der Waals surface area contributed by atoms with E-state index >= 15 is 0 Å². The summed E-state index contributed by atoms with van der Waals surface area (Å²) in [4.78, 5) is 4.32. The lowest BCUT2D eigenvalue weighted by molar-refractivity contribution is 0.548. The fourth-order valence-corrected chi connectivity index (χ4v) is 2.02. The van der Waals surface area contributed by atoms with Crippen LogP contribution in [0.4, 0.5) is 0 Å². The smallest absolute Gasteiger partial charge is 0.109 e. The van der Waals surface area contributed by atoms with Gasteiger partial charge in [0, 0.05) is 18.1 Å². The molecule has 0 aliphatic heterocycles. The van der Waals surface area contributed by atoms with Crippen molar-refractivity contribution >= 4 is 11.3 Å². The maximum atomic E-state index is 4.32. The molecule has 0 amide bonds. The molecule has 1 aromatic rings. The van der Waals surface area contributed by atoms with Crippen LogP contribution in [0.5, 0.6) is 0 Å². The molecule has 2 nitrogen and oxygen atoms in total. The van der Waals surface area contributed by atoms with Gasteiger partial charge in [0.1, 0.15) is 5.01 Å². The monoisotopic (exact) mass is 210 g/mol. The maximum absolute atomic E-state index is 4.32. The molecule has 0 fully saturated rings. The summed E-state index contributed by atoms with van der Waals surface area (Å²) < 4.78 is 0. The van der Waals surface area contributed by atoms with Crippen LogP contribution in [-0.4, -0.2) is 11.5 Å². The van der Waals surface area contributed by atoms with Crippen LogP contribution in [0, 0.1) is 0 Å². The number of allylic oxidation sites excluding steroid dienone is 1. The van der Waals surface area contributed by atoms with Crippen molar-refractivity contribution in [2.24, 2.45) is 0 Å². The summed E-state index contributed by atoms with van der Waals surface area (Å²) in [5, 5.41) is 6.69. The molecular formula is C11H18N2S. The van der Waals surface area contributed by atoms with Gasteiger partial charge in [0.2, 0.25) is 0 Å². The Balaban J connectivity index is 2.44. The Morgan fingerprint density at radius 2 is 2.43 bits per heavy atom. The van der Waals surface area contributed by atoms with E-state index in [1.165, 1.54) is 10.6 Å². The van der Waals surface area contributed by atoms with Gasteiger partial charge >= 0.3 is 0 Å². The predicted molar refractivity (Wildman–Crippen MR) is 62.6 cm³/mol. The van der Waals surface area contributed by atoms with Gasteiger partial charge in [-0.25, -0.2) is 4.98 Å². The molecule has 3 heteroatoms. The van der Waals surface area contributed by atoms with Crippen LogP contribution in [0.3, 0.4) is 0 Å². The van der Waals surface area contributed by atoms with Crippen LogP contribution in [0.15, 0.2) is 23.2 Å². The van der Waals surface area contributed by atoms with Crippen molar-refractivity contribution in [1.82, 2.24) is 10.3 Å². The largest absolute Gasteiger partial charge is 0.304 e. The number of hydrogen-bond donors (Lipinski definition) is 1. The van der Waals surface area contributed by atoms with Crippen LogP contribution < -0.4 is 5.32 Å². The molecule has 1 aromatic heterocycles. The van der Waals surface area contributed by atoms with Gasteiger partial charge < -0.3 is 5.32 Å². The topological polar surface area (TPSA) is 24.9 Å². The van der Waals surface area contributed by atoms with Gasteiger partial charge in [-0.05, 0) is 20.3 Å². The number of aromatic nitrogens is 1. The van der Waals surface area contributed by atoms with Crippen molar-refractivity contribution in [1.29, 1.82) is 0 Å². The Bertz CT molecular complexity index is 273. The van der Waals surface area contributed by atoms with E-state index in [1.807, 2.05) is 11.6 Å². The normalized spacial score (nSPS) is 12.5. The van der Waals surface area contributed by atoms with Crippen molar-refractivity contribution in [3.05, 3.63) is 28.2 Å². The first kappa shape index (κ1) is 11.4. The molecule has 0 aliphatic rings. The molecule has 78 valence electrons. The fourth-order valence-electron chi connectivity index (χ4n) is 1.22. The second-order valence-corrected chi connectivity index (χ2v) is 4.45. The first-order chi connectivity index (χ1) is 6.74. The summed E-state index contributed by atoms with van der Waals surface area (Å²) in [5.41, 5.74) is 1.35. The summed E-state index contributed by atoms with van der Waals surface area (Å²) in [6.45, 7) is 7.35. The van der Waals surface area contributed by atoms with E-state index in [0.717, 1.165) is 13.0 Å². The molecule has 1 rings (SSSR count). The zero-order valence-corrected chi connectivity index (χ0v) is 9.90. The number of nitrogens with zero attached hydrogens (tertiary/aromatic N) is 1. The minimum atomic E-state index is 0.408. The average molecular weight is 210 g/mol. The molecule has 1 N–H and O–H groups in total. The van der Waals surface area contributed by atoms with Crippen molar-refractivity contribution in [3.63, 3.8) is 0 Å². The molecular weight excluding hydrogens is 192 g/mol. The molecule has 1 atom stereocenters. The van der Waals surface area contributed by atoms with Gasteiger partial charge in [0.25, 0.3) is 0 Å². The lowest BCUT2D eigenvalue weighted by Crippen LogP contribution is -2.20. The summed E-state index contributed by atoms with van der Waals surface area (Å²) >= 11 is 1.72. The molecule has 0 spiro atoms. The third-order valence-corrected chi connectivity index (χ3v) is 2.92. The van der Waals surface area contributed by atoms with Gasteiger partial charge in [-0.3, -0.25) is 0 Å². The lowest BCUT2D eigenvalue weighted by atomic mass is 10.2. The van der Waals surface area contributed by atoms with Gasteiger partial charge in [0.15, 0.2) is 0 Å². The summed E-state index contributed by atoms with van der Waals surface area (Å²) in [5.74, 6) is 0. The second-order valence-electron chi connectivity index (χ2n) is 3.52. The van der Waals surface area contributed by atoms with E-state index in [0.29, 0.717) is 6.04 Å². The molecule has 0 aliphatic carbocycles. The van der Waals surface area contributed by atoms with E-state index < -0.39 is 0 Å². The molecule has 1 unspecified atom stereocenters. The molecule has 0 saturated carbocycles. The molecule has 0 radical (unpaired) electrons. The summed E-state index contributed by atoms with van der Waals surface area (Å²) in [7, 11) is 0. The van der Waals surface area contributed by atoms with Crippen LogP contribution >= 0.6 is 11.3 Å². The summed E-state index contributed by atoms with van der Waals surface area (Å²) in [6.07, 6.45) is 5.16. The highest BCUT2D eigenvalue weighted by Crippen LogP contribution is 2.18. The van der Waals surface area contributed by atoms with Gasteiger partial charge in [-0.1, -0.05) is 18.6 Å². The van der Waals surface area contributed by atoms with Crippen LogP contribution in [0.1, 0.15) is 38.2 Å². The Morgan fingerprint density at radius 1 is 1.64 bits per heavy atom. The number of nitrogens with one attached hydrogen (secondary N) is 1. The Kier molecular flexibility index (Phi) is 4.84. The Labute approximate surface area is 90.1 Å². The van der Waals surface area contributed by atoms with Crippen molar-refractivity contribution < 1.29 is 0 Å². The molecule has 1 heterocycles. The van der Waals surface area contributed by atoms with Crippen molar-refractivity contribution in [2.75, 3.05) is 6.54 Å². The van der Waals surface area contributed by atoms with E-state index in [-0.39, 0.29) is 0 Å². The van der Waals surface area contributed by atoms with Crippen molar-refractivity contribution in [3.8, 4) is 0 Å². The van der Waals surface area contributed by atoms with Crippen LogP contribution in [0.2, 0.25) is 0 Å². The fraction of sp³-hybridized carbons (Fsp3) is 0.545. The highest BCUT2D eigenvalue weighted by atomic mass is 32.1. The number of thiazole rings is 1. The lowest BCUT2D eigenvalue weighted by Gasteiger charge is -2.12. The number of hydrogen-bond acceptors (Lipinski definition) is 3. The van der Waals surface area contributed by atoms with E-state index in [4.69, 9.17) is 0 Å². The minimum Gasteiger partial charge on any atom is -0.304 e. The summed E-state index contributed by atoms with van der Waals surface area (Å²) in [6, 6.07) is 0.408. The predicted octanol–water partition coefficient (Wildman–Crippen LogP) is 3.15. The number of rotatable bonds is 5. The highest BCUT2D eigenvalue weighted by Gasteiger charge is 2.09. The first-order valence-electron chi connectivity index (χ1n) is 5.00. The maximum Gasteiger partial charge on any atom is 0.109 e. The third-order valence-electron chi connectivity index (χ3n) is 2.03. The molecule has 0 saturated heterocycles. The Morgan fingerprint density at radius 3 is 2.93 bits per heavy atom. The SMILES string of the molecule is CCC(NCC=C(C)C)c1nccs1. The second kappa shape index (κ2) is 5.94. The van der Waals surface area contributed by atoms with Gasteiger partial charge in [-0.2, -0.15) is 0 Å². The van der Waals surface area contributed by atoms with Crippen LogP contribution in [-0.2, 0) is 0 Å². The first-order valence-corrected chi connectivity index (χ1v) is 5.88. The Hall–Kier alpha value is -0.670. The molecule has 0 aromatic carbocycles. The van der Waals surface area contributed by atoms with Gasteiger partial charge in [0.05, 0.1) is 6.04 Å². The third kappa shape index (κ3) is 3.60. The molecule has 14 heavy (non-hydrogen) atoms. The average Bonchev–Trinajstić information content (AvgIpc) is 2.64. The zero-order valence-electron chi connectivity index (χ0n) is 9.08. The quantitative estimate of drug-likeness (QED) is 0.755. The molecule has 0 bridgehead atoms. The minimum absolute atomic E-state index is 0.408.